The number of carboxylic acid groups (broad SMARTS) is 1. The fourth-order valence-corrected chi connectivity index (χ4v) is 10.7. The molecular weight excluding hydrogens is 1670 g/mol. The average Bonchev–Trinajstić information content (AvgIpc) is 1.68. The molecule has 0 saturated heterocycles. The van der Waals surface area contributed by atoms with Crippen molar-refractivity contribution in [1.82, 2.24) is 127 Å². The zero-order valence-corrected chi connectivity index (χ0v) is 67.6. The van der Waals surface area contributed by atoms with Crippen molar-refractivity contribution >= 4 is 139 Å². The van der Waals surface area contributed by atoms with Crippen LogP contribution in [-0.2, 0) is 52.7 Å². The summed E-state index contributed by atoms with van der Waals surface area (Å²) in [5.41, 5.74) is 20.1. The molecule has 17 aromatic heterocycles. The number of halogens is 8. The van der Waals surface area contributed by atoms with Gasteiger partial charge in [0.25, 0.3) is 0 Å². The van der Waals surface area contributed by atoms with Crippen molar-refractivity contribution in [3.8, 4) is 0 Å². The summed E-state index contributed by atoms with van der Waals surface area (Å²) in [6, 6.07) is 21.2. The van der Waals surface area contributed by atoms with Gasteiger partial charge in [0, 0.05) is 81.1 Å². The van der Waals surface area contributed by atoms with E-state index in [9.17, 15) is 32.8 Å². The molecule has 38 nitrogen and oxygen atoms in total. The Hall–Kier alpha value is -12.6. The number of ketones is 2. The Morgan fingerprint density at radius 1 is 0.538 bits per heavy atom. The summed E-state index contributed by atoms with van der Waals surface area (Å²) in [6.45, 7) is 5.79. The second-order valence-corrected chi connectivity index (χ2v) is 24.9. The maximum absolute atomic E-state index is 14.3. The molecule has 0 saturated carbocycles. The molecule has 0 aliphatic carbocycles. The van der Waals surface area contributed by atoms with Gasteiger partial charge < -0.3 is 45.8 Å². The number of carbonyl (C=O) groups is 5. The monoisotopic (exact) mass is 1740 g/mol. The van der Waals surface area contributed by atoms with Gasteiger partial charge >= 0.3 is 36.8 Å². The number of fused-ring (bicyclic) bond motifs is 6. The molecule has 0 spiro atoms. The summed E-state index contributed by atoms with van der Waals surface area (Å²) in [6.07, 6.45) is 34.5. The Labute approximate surface area is 715 Å². The SMILES string of the molecule is CCOC(=O)c1cn[nH]c1.CCOC(=O)c1cnn(Cc2cn3ncccc3n2)c1.Cl.ClCc1cn2ncccc2n1.NCc1ncn2ccc(Cl)c(F)c12.Nc1cccnn1.O.O=C(CCc1ncn2ccc(Cl)c(F)c12)c1cnn(Cc2cn3ncccc3n2)c1.O=C(CCl)CCl.O=C(O)c1cnn(Cc2cn3ncccc3n2)c1.[Li+].[OH-]. The van der Waals surface area contributed by atoms with Crippen molar-refractivity contribution in [2.24, 2.45) is 5.73 Å². The summed E-state index contributed by atoms with van der Waals surface area (Å²) in [4.78, 5) is 81.2. The van der Waals surface area contributed by atoms with Gasteiger partial charge in [-0.1, -0.05) is 23.2 Å². The van der Waals surface area contributed by atoms with E-state index in [1.54, 1.807) is 124 Å². The minimum Gasteiger partial charge on any atom is -0.870 e. The normalized spacial score (nSPS) is 10.3. The van der Waals surface area contributed by atoms with Gasteiger partial charge in [-0.25, -0.2) is 71.1 Å². The molecule has 0 fully saturated rings. The van der Waals surface area contributed by atoms with Gasteiger partial charge in [-0.15, -0.1) is 52.3 Å². The van der Waals surface area contributed by atoms with Gasteiger partial charge in [-0.05, 0) is 93.1 Å². The maximum Gasteiger partial charge on any atom is 1.00 e. The zero-order valence-electron chi connectivity index (χ0n) is 63.0. The second kappa shape index (κ2) is 47.6. The van der Waals surface area contributed by atoms with E-state index in [0.29, 0.717) is 90.1 Å². The van der Waals surface area contributed by atoms with Crippen molar-refractivity contribution in [3.63, 3.8) is 0 Å². The average molecular weight is 1750 g/mol. The smallest absolute Gasteiger partial charge is 0.870 e. The van der Waals surface area contributed by atoms with E-state index in [1.807, 2.05) is 67.1 Å². The van der Waals surface area contributed by atoms with E-state index in [-0.39, 0.29) is 106 Å². The molecular formula is C72H71Cl6F2LiN28O10. The van der Waals surface area contributed by atoms with E-state index in [1.165, 1.54) is 66.7 Å². The molecule has 616 valence electrons. The van der Waals surface area contributed by atoms with Crippen LogP contribution in [0.25, 0.3) is 33.6 Å². The summed E-state index contributed by atoms with van der Waals surface area (Å²) in [5, 5.41) is 50.9. The van der Waals surface area contributed by atoms with Crippen LogP contribution in [0.15, 0.2) is 203 Å². The number of nitrogens with two attached hydrogens (primary N) is 2. The number of Topliss-reactive ketones (excluding diaryl/α,β-unsaturated/α-hetero) is 2. The van der Waals surface area contributed by atoms with Gasteiger partial charge in [0.1, 0.15) is 16.9 Å². The first-order chi connectivity index (χ1) is 55.7. The minimum absolute atomic E-state index is 0. The first-order valence-electron chi connectivity index (χ1n) is 34.1. The number of imidazole rings is 6. The number of carbonyl (C=O) groups excluding carboxylic acids is 4. The van der Waals surface area contributed by atoms with Crippen LogP contribution in [0.4, 0.5) is 14.6 Å². The Kier molecular flexibility index (Phi) is 38.1. The quantitative estimate of drug-likeness (QED) is 0.0302. The number of alkyl halides is 3. The Bertz CT molecular complexity index is 5920. The summed E-state index contributed by atoms with van der Waals surface area (Å²) < 4.78 is 52.1. The second-order valence-electron chi connectivity index (χ2n) is 23.3. The first-order valence-corrected chi connectivity index (χ1v) is 36.5. The summed E-state index contributed by atoms with van der Waals surface area (Å²) >= 11 is 27.1. The van der Waals surface area contributed by atoms with E-state index in [2.05, 4.69) is 90.7 Å². The molecule has 0 aliphatic heterocycles. The number of nitrogens with one attached hydrogen (secondary N) is 1. The molecule has 0 radical (unpaired) electrons. The van der Waals surface area contributed by atoms with Gasteiger partial charge in [0.2, 0.25) is 0 Å². The molecule has 17 heterocycles. The number of nitrogen functional groups attached to an aromatic ring is 1. The van der Waals surface area contributed by atoms with E-state index in [0.717, 1.165) is 45.4 Å². The molecule has 0 atom stereocenters. The van der Waals surface area contributed by atoms with Crippen molar-refractivity contribution < 1.29 is 77.1 Å². The third-order valence-electron chi connectivity index (χ3n) is 15.3. The zero-order chi connectivity index (χ0) is 81.8. The Morgan fingerprint density at radius 3 is 1.33 bits per heavy atom. The number of esters is 2. The predicted octanol–water partition coefficient (Wildman–Crippen LogP) is 6.21. The third-order valence-corrected chi connectivity index (χ3v) is 16.7. The number of aryl methyl sites for hydroxylation is 1. The predicted molar refractivity (Wildman–Crippen MR) is 430 cm³/mol. The van der Waals surface area contributed by atoms with Gasteiger partial charge in [0.15, 0.2) is 45.8 Å². The number of H-pyrrole nitrogens is 1. The third kappa shape index (κ3) is 27.0. The fourth-order valence-electron chi connectivity index (χ4n) is 10.0. The maximum atomic E-state index is 14.3. The van der Waals surface area contributed by atoms with Crippen LogP contribution >= 0.6 is 70.4 Å². The van der Waals surface area contributed by atoms with Crippen LogP contribution < -0.4 is 30.3 Å². The van der Waals surface area contributed by atoms with Gasteiger partial charge in [-0.2, -0.15) is 45.9 Å². The molecule has 47 heteroatoms. The molecule has 0 amide bonds. The first kappa shape index (κ1) is 95.3. The number of aromatic amines is 1. The van der Waals surface area contributed by atoms with Crippen molar-refractivity contribution in [2.45, 2.75) is 58.7 Å². The molecule has 9 N–H and O–H groups in total. The Morgan fingerprint density at radius 2 is 0.950 bits per heavy atom. The van der Waals surface area contributed by atoms with Gasteiger partial charge in [0.05, 0.1) is 179 Å². The van der Waals surface area contributed by atoms with E-state index < -0.39 is 17.6 Å². The topological polar surface area (TPSA) is 501 Å². The van der Waals surface area contributed by atoms with Crippen molar-refractivity contribution in [2.75, 3.05) is 30.7 Å². The number of aromatic nitrogens is 26. The number of ether oxygens (including phenoxy) is 2. The van der Waals surface area contributed by atoms with Crippen LogP contribution in [0.2, 0.25) is 10.0 Å². The molecule has 17 aromatic rings. The molecule has 0 aromatic carbocycles. The van der Waals surface area contributed by atoms with E-state index in [4.69, 9.17) is 79.3 Å². The number of anilines is 1. The molecule has 0 aliphatic rings. The van der Waals surface area contributed by atoms with Crippen LogP contribution in [-0.4, -0.2) is 197 Å². The van der Waals surface area contributed by atoms with Crippen LogP contribution in [0.5, 0.6) is 0 Å². The number of pyridine rings is 2. The van der Waals surface area contributed by atoms with Crippen LogP contribution in [0.3, 0.4) is 0 Å². The molecule has 119 heavy (non-hydrogen) atoms. The van der Waals surface area contributed by atoms with Crippen LogP contribution in [0.1, 0.15) is 95.9 Å². The number of rotatable bonds is 19. The molecule has 0 bridgehead atoms. The minimum atomic E-state index is -0.988. The van der Waals surface area contributed by atoms with E-state index >= 15 is 0 Å². The van der Waals surface area contributed by atoms with Gasteiger partial charge in [-0.3, -0.25) is 28.7 Å². The van der Waals surface area contributed by atoms with Crippen LogP contribution in [0, 0.1) is 11.6 Å². The molecule has 0 unspecified atom stereocenters. The summed E-state index contributed by atoms with van der Waals surface area (Å²) in [7, 11) is 0. The summed E-state index contributed by atoms with van der Waals surface area (Å²) in [5.74, 6) is -1.96. The van der Waals surface area contributed by atoms with Crippen molar-refractivity contribution in [3.05, 3.63) is 281 Å². The molecule has 17 rings (SSSR count). The number of carboxylic acids is 1. The number of nitrogens with zero attached hydrogens (tertiary/aromatic N) is 25. The largest absolute Gasteiger partial charge is 1.00 e. The van der Waals surface area contributed by atoms with Crippen molar-refractivity contribution in [1.29, 1.82) is 0 Å². The fraction of sp³-hybridized carbons (Fsp3) is 0.181. The number of hydrogen-bond acceptors (Lipinski definition) is 26. The number of hydrogen-bond donors (Lipinski definition) is 4. The standard InChI is InChI=1S/C20H15ClFN7O.C13H13N5O2.C11H9N5O2.C8H7ClFN3.C7H6ClN3.C6H8N2O2.C4H5N3.C3H4Cl2O.ClH.Li.2H2O/c21-15-5-7-27-12-23-16(20(27)19(15)22)3-4-17(30)13-8-25-28(9-13)10-14-11-29-18(26-14)2-1-6-24-29;1-2-20-13(19)10-6-15-17(7-10)8-11-9-18-12(16-11)4-3-5-14-18;17-11(18)8-4-13-15(5-8)6-9-7-16-10(14-9)2-1-3-12-16;9-5-1-2-13-4-12-6(3-11)8(13)7(5)10;8-4-6-5-11-7(10-6)2-1-3-9-11;1-2-10-6(9)5-3-7-8-4-5;5-4-2-1-3-6-7-4;4-1-3(6)2-5;;;;/h1-2,5-9,11-12H,3-4,10H2;3-7,9H,2,8H2,1H3;1-5,7H,6H2,(H,17,18);1-2,4H,3,11H2;1-3,5H,4H2;3-4H,2H2,1H3,(H,7,8);1-3H,(H2,5,7);1-2H2;1H;;2*1H2/q;;;;;;;;;+1;;/p-1. The Balaban J connectivity index is 0.000000220. The number of aromatic carboxylic acids is 1.